The number of anilines is 1. The van der Waals surface area contributed by atoms with Gasteiger partial charge >= 0.3 is 0 Å². The Hall–Kier alpha value is -1.35. The standard InChI is InChI=1S/C15H18N2O.ClH/c1-10-12-5-3-4-6-13(12)16-14-8-7-11(18)9-17(2)15(10)14;/h3-4H,5-9H2,1-2H3;1H. The summed E-state index contributed by atoms with van der Waals surface area (Å²) in [7, 11) is 2.00. The van der Waals surface area contributed by atoms with E-state index in [4.69, 9.17) is 4.98 Å². The number of nitrogens with zero attached hydrogens (tertiary/aromatic N) is 2. The fourth-order valence-corrected chi connectivity index (χ4v) is 3.06. The van der Waals surface area contributed by atoms with Gasteiger partial charge in [-0.1, -0.05) is 12.2 Å². The van der Waals surface area contributed by atoms with Gasteiger partial charge in [0.05, 0.1) is 17.9 Å². The van der Waals surface area contributed by atoms with Crippen LogP contribution in [0.25, 0.3) is 0 Å². The zero-order valence-corrected chi connectivity index (χ0v) is 12.2. The SMILES string of the molecule is Cc1c2c(nc3c1N(C)CC(=O)CC3)CC=CC2.Cl. The summed E-state index contributed by atoms with van der Waals surface area (Å²) in [5.74, 6) is 0.311. The summed E-state index contributed by atoms with van der Waals surface area (Å²) in [6.07, 6.45) is 7.72. The quantitative estimate of drug-likeness (QED) is 0.684. The Balaban J connectivity index is 0.00000133. The molecule has 0 aromatic carbocycles. The maximum absolute atomic E-state index is 11.7. The molecule has 102 valence electrons. The Bertz CT molecular complexity index is 552. The number of allylic oxidation sites excluding steroid dienone is 2. The van der Waals surface area contributed by atoms with Gasteiger partial charge in [-0.2, -0.15) is 0 Å². The average Bonchev–Trinajstić information content (AvgIpc) is 2.49. The van der Waals surface area contributed by atoms with E-state index in [1.54, 1.807) is 0 Å². The second kappa shape index (κ2) is 5.33. The third-order valence-electron chi connectivity index (χ3n) is 3.94. The molecular formula is C15H19ClN2O. The minimum atomic E-state index is 0. The number of Topliss-reactive ketones (excluding diaryl/α,β-unsaturated/α-hetero) is 1. The van der Waals surface area contributed by atoms with E-state index in [2.05, 4.69) is 24.0 Å². The number of hydrogen-bond acceptors (Lipinski definition) is 3. The minimum absolute atomic E-state index is 0. The molecule has 4 heteroatoms. The van der Waals surface area contributed by atoms with E-state index >= 15 is 0 Å². The molecule has 0 radical (unpaired) electrons. The van der Waals surface area contributed by atoms with Crippen LogP contribution in [-0.4, -0.2) is 24.4 Å². The van der Waals surface area contributed by atoms with Gasteiger partial charge in [-0.3, -0.25) is 9.78 Å². The summed E-state index contributed by atoms with van der Waals surface area (Å²) in [4.78, 5) is 18.6. The number of rotatable bonds is 0. The molecular weight excluding hydrogens is 260 g/mol. The number of ketones is 1. The van der Waals surface area contributed by atoms with Crippen molar-refractivity contribution in [2.24, 2.45) is 0 Å². The van der Waals surface area contributed by atoms with Gasteiger partial charge in [-0.25, -0.2) is 0 Å². The van der Waals surface area contributed by atoms with Crippen molar-refractivity contribution < 1.29 is 4.79 Å². The third kappa shape index (κ3) is 2.39. The molecule has 1 aliphatic heterocycles. The Morgan fingerprint density at radius 2 is 1.89 bits per heavy atom. The molecule has 0 amide bonds. The summed E-state index contributed by atoms with van der Waals surface area (Å²) >= 11 is 0. The van der Waals surface area contributed by atoms with Gasteiger partial charge in [0.2, 0.25) is 0 Å². The number of carbonyl (C=O) groups excluding carboxylic acids is 1. The van der Waals surface area contributed by atoms with Crippen LogP contribution in [0.2, 0.25) is 0 Å². The summed E-state index contributed by atoms with van der Waals surface area (Å²) in [5, 5.41) is 0. The summed E-state index contributed by atoms with van der Waals surface area (Å²) in [6.45, 7) is 2.69. The van der Waals surface area contributed by atoms with E-state index in [0.717, 1.165) is 25.0 Å². The first-order chi connectivity index (χ1) is 8.66. The highest BCUT2D eigenvalue weighted by molar-refractivity contribution is 5.86. The number of aromatic nitrogens is 1. The van der Waals surface area contributed by atoms with Crippen molar-refractivity contribution in [2.75, 3.05) is 18.5 Å². The van der Waals surface area contributed by atoms with Crippen LogP contribution in [0, 0.1) is 6.92 Å². The van der Waals surface area contributed by atoms with E-state index in [1.807, 2.05) is 7.05 Å². The Morgan fingerprint density at radius 3 is 2.68 bits per heavy atom. The molecule has 0 N–H and O–H groups in total. The van der Waals surface area contributed by atoms with Gasteiger partial charge in [0.15, 0.2) is 5.78 Å². The third-order valence-corrected chi connectivity index (χ3v) is 3.94. The molecule has 0 fully saturated rings. The van der Waals surface area contributed by atoms with E-state index in [9.17, 15) is 4.79 Å². The minimum Gasteiger partial charge on any atom is -0.366 e. The second-order valence-electron chi connectivity index (χ2n) is 5.23. The highest BCUT2D eigenvalue weighted by Gasteiger charge is 2.23. The molecule has 0 spiro atoms. The lowest BCUT2D eigenvalue weighted by Gasteiger charge is -2.25. The Morgan fingerprint density at radius 1 is 1.16 bits per heavy atom. The van der Waals surface area contributed by atoms with Crippen LogP contribution in [-0.2, 0) is 24.1 Å². The highest BCUT2D eigenvalue weighted by atomic mass is 35.5. The smallest absolute Gasteiger partial charge is 0.152 e. The maximum Gasteiger partial charge on any atom is 0.152 e. The molecule has 1 aromatic heterocycles. The first-order valence-electron chi connectivity index (χ1n) is 6.56. The zero-order chi connectivity index (χ0) is 12.7. The predicted octanol–water partition coefficient (Wildman–Crippen LogP) is 2.42. The maximum atomic E-state index is 11.7. The molecule has 19 heavy (non-hydrogen) atoms. The van der Waals surface area contributed by atoms with Crippen LogP contribution in [0.5, 0.6) is 0 Å². The van der Waals surface area contributed by atoms with Crippen molar-refractivity contribution in [1.82, 2.24) is 4.98 Å². The molecule has 1 aromatic rings. The van der Waals surface area contributed by atoms with Gasteiger partial charge in [-0.15, -0.1) is 12.4 Å². The Labute approximate surface area is 120 Å². The van der Waals surface area contributed by atoms with Crippen LogP contribution in [0.15, 0.2) is 12.2 Å². The van der Waals surface area contributed by atoms with Gasteiger partial charge in [0, 0.05) is 25.6 Å². The van der Waals surface area contributed by atoms with E-state index < -0.39 is 0 Å². The van der Waals surface area contributed by atoms with Crippen molar-refractivity contribution >= 4 is 23.9 Å². The van der Waals surface area contributed by atoms with Crippen molar-refractivity contribution in [3.8, 4) is 0 Å². The highest BCUT2D eigenvalue weighted by Crippen LogP contribution is 2.32. The van der Waals surface area contributed by atoms with E-state index in [-0.39, 0.29) is 12.4 Å². The molecule has 0 saturated heterocycles. The lowest BCUT2D eigenvalue weighted by Crippen LogP contribution is -2.25. The number of halogens is 1. The topological polar surface area (TPSA) is 33.2 Å². The number of hydrogen-bond donors (Lipinski definition) is 0. The molecule has 0 bridgehead atoms. The largest absolute Gasteiger partial charge is 0.366 e. The second-order valence-corrected chi connectivity index (χ2v) is 5.23. The van der Waals surface area contributed by atoms with E-state index in [0.29, 0.717) is 18.7 Å². The molecule has 0 unspecified atom stereocenters. The lowest BCUT2D eigenvalue weighted by atomic mass is 9.94. The predicted molar refractivity (Wildman–Crippen MR) is 79.4 cm³/mol. The number of fused-ring (bicyclic) bond motifs is 2. The Kier molecular flexibility index (Phi) is 3.95. The first kappa shape index (κ1) is 14.1. The van der Waals surface area contributed by atoms with Gasteiger partial charge < -0.3 is 4.90 Å². The van der Waals surface area contributed by atoms with Crippen molar-refractivity contribution in [3.05, 3.63) is 34.7 Å². The van der Waals surface area contributed by atoms with Crippen LogP contribution in [0.4, 0.5) is 5.69 Å². The molecule has 1 aliphatic carbocycles. The van der Waals surface area contributed by atoms with Crippen LogP contribution in [0.1, 0.15) is 28.9 Å². The van der Waals surface area contributed by atoms with Gasteiger partial charge in [-0.05, 0) is 30.9 Å². The lowest BCUT2D eigenvalue weighted by molar-refractivity contribution is -0.117. The van der Waals surface area contributed by atoms with E-state index in [1.165, 1.54) is 22.5 Å². The first-order valence-corrected chi connectivity index (χ1v) is 6.56. The molecule has 0 atom stereocenters. The van der Waals surface area contributed by atoms with Crippen LogP contribution < -0.4 is 4.90 Å². The monoisotopic (exact) mass is 278 g/mol. The van der Waals surface area contributed by atoms with Gasteiger partial charge in [0.25, 0.3) is 0 Å². The van der Waals surface area contributed by atoms with Crippen LogP contribution in [0.3, 0.4) is 0 Å². The summed E-state index contributed by atoms with van der Waals surface area (Å²) < 4.78 is 0. The van der Waals surface area contributed by atoms with Crippen molar-refractivity contribution in [2.45, 2.75) is 32.6 Å². The summed E-state index contributed by atoms with van der Waals surface area (Å²) in [5.41, 5.74) is 6.18. The molecule has 2 aliphatic rings. The average molecular weight is 279 g/mol. The molecule has 3 rings (SSSR count). The molecule has 0 saturated carbocycles. The fourth-order valence-electron chi connectivity index (χ4n) is 3.06. The normalized spacial score (nSPS) is 17.4. The van der Waals surface area contributed by atoms with Crippen molar-refractivity contribution in [1.29, 1.82) is 0 Å². The van der Waals surface area contributed by atoms with Gasteiger partial charge in [0.1, 0.15) is 0 Å². The van der Waals surface area contributed by atoms with Crippen LogP contribution >= 0.6 is 12.4 Å². The van der Waals surface area contributed by atoms with Crippen molar-refractivity contribution in [3.63, 3.8) is 0 Å². The fraction of sp³-hybridized carbons (Fsp3) is 0.467. The number of pyridine rings is 1. The number of carbonyl (C=O) groups is 1. The number of likely N-dealkylation sites (N-methyl/N-ethyl adjacent to an activating group) is 1. The zero-order valence-electron chi connectivity index (χ0n) is 11.4. The number of aryl methyl sites for hydroxylation is 1. The summed E-state index contributed by atoms with van der Waals surface area (Å²) in [6, 6.07) is 0. The molecule has 3 nitrogen and oxygen atoms in total. The molecule has 2 heterocycles.